The Morgan fingerprint density at radius 2 is 1.48 bits per heavy atom. The van der Waals surface area contributed by atoms with Crippen molar-refractivity contribution in [3.63, 3.8) is 0 Å². The molecule has 0 heterocycles. The monoisotopic (exact) mass is 407 g/mol. The SMILES string of the molecule is CC(N)C(/C(=C\C(=O)O)C(=O)O)C(c1ccccc1)c1ccc(C(F)(F)F)cc1. The molecular weight excluding hydrogens is 387 g/mol. The first-order chi connectivity index (χ1) is 13.5. The van der Waals surface area contributed by atoms with Gasteiger partial charge in [-0.15, -0.1) is 0 Å². The average Bonchev–Trinajstić information content (AvgIpc) is 2.64. The summed E-state index contributed by atoms with van der Waals surface area (Å²) >= 11 is 0. The lowest BCUT2D eigenvalue weighted by Crippen LogP contribution is -2.36. The Labute approximate surface area is 165 Å². The van der Waals surface area contributed by atoms with Crippen LogP contribution < -0.4 is 5.73 Å². The molecule has 154 valence electrons. The van der Waals surface area contributed by atoms with Gasteiger partial charge in [0.25, 0.3) is 0 Å². The molecule has 0 radical (unpaired) electrons. The predicted octanol–water partition coefficient (Wildman–Crippen LogP) is 3.90. The number of halogens is 3. The summed E-state index contributed by atoms with van der Waals surface area (Å²) in [5.74, 6) is -4.67. The van der Waals surface area contributed by atoms with Crippen LogP contribution in [0.1, 0.15) is 29.5 Å². The molecular formula is C21H20F3NO4. The van der Waals surface area contributed by atoms with Gasteiger partial charge in [-0.25, -0.2) is 9.59 Å². The van der Waals surface area contributed by atoms with Crippen molar-refractivity contribution < 1.29 is 33.0 Å². The van der Waals surface area contributed by atoms with Crippen LogP contribution >= 0.6 is 0 Å². The van der Waals surface area contributed by atoms with Crippen LogP contribution in [0.2, 0.25) is 0 Å². The van der Waals surface area contributed by atoms with E-state index in [0.29, 0.717) is 17.2 Å². The Bertz CT molecular complexity index is 890. The van der Waals surface area contributed by atoms with Crippen LogP contribution in [0.25, 0.3) is 0 Å². The molecule has 3 unspecified atom stereocenters. The molecule has 2 aromatic carbocycles. The molecule has 0 aliphatic carbocycles. The van der Waals surface area contributed by atoms with Gasteiger partial charge in [-0.2, -0.15) is 13.2 Å². The van der Waals surface area contributed by atoms with E-state index in [0.717, 1.165) is 12.1 Å². The summed E-state index contributed by atoms with van der Waals surface area (Å²) in [6, 6.07) is 12.1. The summed E-state index contributed by atoms with van der Waals surface area (Å²) < 4.78 is 38.8. The molecule has 4 N–H and O–H groups in total. The number of nitrogens with two attached hydrogens (primary N) is 1. The number of hydrogen-bond acceptors (Lipinski definition) is 3. The largest absolute Gasteiger partial charge is 0.478 e. The van der Waals surface area contributed by atoms with E-state index in [1.165, 1.54) is 19.1 Å². The van der Waals surface area contributed by atoms with Gasteiger partial charge in [0, 0.05) is 29.5 Å². The molecule has 29 heavy (non-hydrogen) atoms. The van der Waals surface area contributed by atoms with Crippen molar-refractivity contribution in [2.24, 2.45) is 11.7 Å². The maximum atomic E-state index is 12.9. The lowest BCUT2D eigenvalue weighted by Gasteiger charge is -2.31. The molecule has 0 spiro atoms. The van der Waals surface area contributed by atoms with E-state index in [-0.39, 0.29) is 0 Å². The molecule has 0 aliphatic rings. The molecule has 5 nitrogen and oxygen atoms in total. The second kappa shape index (κ2) is 8.91. The summed E-state index contributed by atoms with van der Waals surface area (Å²) in [5, 5.41) is 18.7. The molecule has 3 atom stereocenters. The van der Waals surface area contributed by atoms with Crippen molar-refractivity contribution >= 4 is 11.9 Å². The second-order valence-corrected chi connectivity index (χ2v) is 6.64. The normalized spacial score (nSPS) is 15.4. The van der Waals surface area contributed by atoms with Gasteiger partial charge in [0.2, 0.25) is 0 Å². The van der Waals surface area contributed by atoms with E-state index >= 15 is 0 Å². The highest BCUT2D eigenvalue weighted by molar-refractivity contribution is 5.95. The van der Waals surface area contributed by atoms with Crippen molar-refractivity contribution in [2.75, 3.05) is 0 Å². The van der Waals surface area contributed by atoms with E-state index in [2.05, 4.69) is 0 Å². The average molecular weight is 407 g/mol. The smallest absolute Gasteiger partial charge is 0.416 e. The Kier molecular flexibility index (Phi) is 6.81. The summed E-state index contributed by atoms with van der Waals surface area (Å²) in [7, 11) is 0. The Morgan fingerprint density at radius 3 is 1.90 bits per heavy atom. The maximum absolute atomic E-state index is 12.9. The fourth-order valence-corrected chi connectivity index (χ4v) is 3.35. The van der Waals surface area contributed by atoms with Crippen LogP contribution in [0.4, 0.5) is 13.2 Å². The third-order valence-corrected chi connectivity index (χ3v) is 4.57. The molecule has 0 fully saturated rings. The summed E-state index contributed by atoms with van der Waals surface area (Å²) in [6.07, 6.45) is -3.94. The van der Waals surface area contributed by atoms with E-state index in [9.17, 15) is 27.9 Å². The van der Waals surface area contributed by atoms with Crippen LogP contribution in [0.15, 0.2) is 66.2 Å². The Balaban J connectivity index is 2.69. The summed E-state index contributed by atoms with van der Waals surface area (Å²) in [5.41, 5.74) is 5.77. The lowest BCUT2D eigenvalue weighted by atomic mass is 9.73. The zero-order chi connectivity index (χ0) is 21.8. The number of alkyl halides is 3. The van der Waals surface area contributed by atoms with Crippen molar-refractivity contribution in [2.45, 2.75) is 25.1 Å². The van der Waals surface area contributed by atoms with E-state index in [1.54, 1.807) is 30.3 Å². The van der Waals surface area contributed by atoms with Gasteiger partial charge in [-0.1, -0.05) is 42.5 Å². The van der Waals surface area contributed by atoms with Crippen molar-refractivity contribution in [1.29, 1.82) is 0 Å². The minimum atomic E-state index is -4.52. The number of hydrogen-bond donors (Lipinski definition) is 3. The van der Waals surface area contributed by atoms with Gasteiger partial charge < -0.3 is 15.9 Å². The topological polar surface area (TPSA) is 101 Å². The van der Waals surface area contributed by atoms with Gasteiger partial charge in [-0.05, 0) is 30.2 Å². The third-order valence-electron chi connectivity index (χ3n) is 4.57. The molecule has 0 aliphatic heterocycles. The fraction of sp³-hybridized carbons (Fsp3) is 0.238. The summed E-state index contributed by atoms with van der Waals surface area (Å²) in [6.45, 7) is 1.53. The highest BCUT2D eigenvalue weighted by atomic mass is 19.4. The molecule has 0 amide bonds. The van der Waals surface area contributed by atoms with Crippen molar-refractivity contribution in [3.05, 3.63) is 82.9 Å². The number of carbonyl (C=O) groups is 2. The van der Waals surface area contributed by atoms with Crippen LogP contribution in [-0.4, -0.2) is 28.2 Å². The molecule has 2 rings (SSSR count). The highest BCUT2D eigenvalue weighted by Gasteiger charge is 2.36. The van der Waals surface area contributed by atoms with E-state index in [4.69, 9.17) is 10.8 Å². The number of carboxylic acids is 2. The molecule has 8 heteroatoms. The number of benzene rings is 2. The zero-order valence-corrected chi connectivity index (χ0v) is 15.4. The molecule has 0 bridgehead atoms. The Morgan fingerprint density at radius 1 is 0.966 bits per heavy atom. The van der Waals surface area contributed by atoms with Gasteiger partial charge in [0.05, 0.1) is 5.56 Å². The predicted molar refractivity (Wildman–Crippen MR) is 100 cm³/mol. The molecule has 0 aromatic heterocycles. The lowest BCUT2D eigenvalue weighted by molar-refractivity contribution is -0.137. The first kappa shape index (κ1) is 22.2. The standard InChI is InChI=1S/C21H20F3NO4/c1-12(25)18(16(20(28)29)11-17(26)27)19(13-5-3-2-4-6-13)14-7-9-15(10-8-14)21(22,23)24/h2-12,18-19H,25H2,1H3,(H,26,27)(H,28,29)/b16-11+. The number of aliphatic carboxylic acids is 2. The number of rotatable bonds is 7. The first-order valence-electron chi connectivity index (χ1n) is 8.68. The molecule has 0 saturated heterocycles. The second-order valence-electron chi connectivity index (χ2n) is 6.64. The van der Waals surface area contributed by atoms with Crippen LogP contribution in [0.3, 0.4) is 0 Å². The fourth-order valence-electron chi connectivity index (χ4n) is 3.35. The van der Waals surface area contributed by atoms with E-state index in [1.807, 2.05) is 0 Å². The van der Waals surface area contributed by atoms with Crippen LogP contribution in [-0.2, 0) is 15.8 Å². The third kappa shape index (κ3) is 5.45. The zero-order valence-electron chi connectivity index (χ0n) is 15.4. The quantitative estimate of drug-likeness (QED) is 0.605. The molecule has 0 saturated carbocycles. The Hall–Kier alpha value is -3.13. The van der Waals surface area contributed by atoms with Gasteiger partial charge in [-0.3, -0.25) is 0 Å². The van der Waals surface area contributed by atoms with Gasteiger partial charge in [0.15, 0.2) is 0 Å². The minimum absolute atomic E-state index is 0.393. The molecule has 2 aromatic rings. The van der Waals surface area contributed by atoms with Crippen LogP contribution in [0.5, 0.6) is 0 Å². The minimum Gasteiger partial charge on any atom is -0.478 e. The van der Waals surface area contributed by atoms with Crippen molar-refractivity contribution in [3.8, 4) is 0 Å². The number of carboxylic acid groups (broad SMARTS) is 2. The highest BCUT2D eigenvalue weighted by Crippen LogP contribution is 2.39. The van der Waals surface area contributed by atoms with Gasteiger partial charge >= 0.3 is 18.1 Å². The maximum Gasteiger partial charge on any atom is 0.416 e. The van der Waals surface area contributed by atoms with E-state index < -0.39 is 47.1 Å². The van der Waals surface area contributed by atoms with Gasteiger partial charge in [0.1, 0.15) is 0 Å². The summed E-state index contributed by atoms with van der Waals surface area (Å²) in [4.78, 5) is 23.0. The van der Waals surface area contributed by atoms with Crippen molar-refractivity contribution in [1.82, 2.24) is 0 Å². The first-order valence-corrected chi connectivity index (χ1v) is 8.68. The van der Waals surface area contributed by atoms with Crippen LogP contribution in [0, 0.1) is 5.92 Å².